The highest BCUT2D eigenvalue weighted by molar-refractivity contribution is 7.15. The van der Waals surface area contributed by atoms with Gasteiger partial charge in [-0.2, -0.15) is 0 Å². The highest BCUT2D eigenvalue weighted by Crippen LogP contribution is 2.60. The number of rotatable bonds is 5. The van der Waals surface area contributed by atoms with Crippen LogP contribution in [0.5, 0.6) is 0 Å². The van der Waals surface area contributed by atoms with Crippen molar-refractivity contribution in [3.63, 3.8) is 0 Å². The number of nitrogens with one attached hydrogen (secondary N) is 2. The van der Waals surface area contributed by atoms with Crippen molar-refractivity contribution in [1.82, 2.24) is 4.98 Å². The van der Waals surface area contributed by atoms with Crippen LogP contribution in [-0.2, 0) is 11.3 Å². The van der Waals surface area contributed by atoms with Crippen LogP contribution in [0.1, 0.15) is 43.4 Å². The van der Waals surface area contributed by atoms with Gasteiger partial charge in [-0.1, -0.05) is 11.6 Å². The van der Waals surface area contributed by atoms with E-state index in [1.807, 2.05) is 24.3 Å². The number of carbonyl (C=O) groups excluding carboxylic acids is 1. The van der Waals surface area contributed by atoms with E-state index in [-0.39, 0.29) is 11.3 Å². The van der Waals surface area contributed by atoms with Crippen molar-refractivity contribution < 1.29 is 4.79 Å². The van der Waals surface area contributed by atoms with Gasteiger partial charge in [0.25, 0.3) is 0 Å². The Bertz CT molecular complexity index is 812. The second-order valence-corrected chi connectivity index (χ2v) is 10.4. The van der Waals surface area contributed by atoms with Crippen LogP contribution in [0.2, 0.25) is 4.47 Å². The number of hydrogen-bond donors (Lipinski definition) is 2. The average molecular weight is 402 g/mol. The molecule has 0 saturated heterocycles. The first-order chi connectivity index (χ1) is 13.1. The van der Waals surface area contributed by atoms with Gasteiger partial charge in [0.05, 0.1) is 12.0 Å². The fourth-order valence-corrected chi connectivity index (χ4v) is 6.80. The summed E-state index contributed by atoms with van der Waals surface area (Å²) in [7, 11) is 0. The zero-order valence-corrected chi connectivity index (χ0v) is 16.8. The molecule has 4 fully saturated rings. The van der Waals surface area contributed by atoms with Crippen LogP contribution < -0.4 is 10.6 Å². The Morgan fingerprint density at radius 1 is 1.07 bits per heavy atom. The van der Waals surface area contributed by atoms with E-state index in [1.54, 1.807) is 6.20 Å². The summed E-state index contributed by atoms with van der Waals surface area (Å²) < 4.78 is 0.564. The number of anilines is 2. The van der Waals surface area contributed by atoms with Crippen molar-refractivity contribution in [3.8, 4) is 0 Å². The molecule has 0 atom stereocenters. The van der Waals surface area contributed by atoms with Crippen LogP contribution in [0.15, 0.2) is 30.5 Å². The Balaban J connectivity index is 1.21. The Kier molecular flexibility index (Phi) is 4.40. The largest absolute Gasteiger partial charge is 0.380 e. The van der Waals surface area contributed by atoms with E-state index in [0.29, 0.717) is 11.0 Å². The molecule has 6 rings (SSSR count). The van der Waals surface area contributed by atoms with E-state index in [0.717, 1.165) is 53.3 Å². The van der Waals surface area contributed by atoms with Crippen molar-refractivity contribution in [1.29, 1.82) is 0 Å². The molecule has 6 heteroatoms. The first-order valence-corrected chi connectivity index (χ1v) is 11.0. The minimum Gasteiger partial charge on any atom is -0.380 e. The van der Waals surface area contributed by atoms with Gasteiger partial charge >= 0.3 is 0 Å². The molecule has 2 aromatic rings. The fourth-order valence-electron chi connectivity index (χ4n) is 5.88. The molecule has 1 aromatic carbocycles. The van der Waals surface area contributed by atoms with E-state index < -0.39 is 0 Å². The second-order valence-electron chi connectivity index (χ2n) is 8.66. The number of nitrogens with zero attached hydrogens (tertiary/aromatic N) is 1. The minimum atomic E-state index is -0.100. The summed E-state index contributed by atoms with van der Waals surface area (Å²) in [6.07, 6.45) is 9.17. The SMILES string of the molecule is O=C(Nc1ccc(NCc2cnc(Cl)s2)cc1)C12CC3CC(CC(C3)C1)C2. The lowest BCUT2D eigenvalue weighted by atomic mass is 9.49. The molecular formula is C21H24ClN3OS. The summed E-state index contributed by atoms with van der Waals surface area (Å²) in [6.45, 7) is 0.698. The number of halogens is 1. The van der Waals surface area contributed by atoms with Crippen LogP contribution in [0.3, 0.4) is 0 Å². The van der Waals surface area contributed by atoms with Gasteiger partial charge in [0.2, 0.25) is 5.91 Å². The number of hydrogen-bond acceptors (Lipinski definition) is 4. The zero-order chi connectivity index (χ0) is 18.4. The third-order valence-corrected chi connectivity index (χ3v) is 7.77. The van der Waals surface area contributed by atoms with E-state index in [2.05, 4.69) is 15.6 Å². The number of aromatic nitrogens is 1. The van der Waals surface area contributed by atoms with Crippen molar-refractivity contribution in [2.45, 2.75) is 45.1 Å². The van der Waals surface area contributed by atoms with Crippen LogP contribution in [0, 0.1) is 23.2 Å². The lowest BCUT2D eigenvalue weighted by molar-refractivity contribution is -0.140. The van der Waals surface area contributed by atoms with E-state index in [1.165, 1.54) is 30.6 Å². The zero-order valence-electron chi connectivity index (χ0n) is 15.2. The molecule has 4 bridgehead atoms. The van der Waals surface area contributed by atoms with Gasteiger partial charge in [-0.25, -0.2) is 4.98 Å². The maximum atomic E-state index is 13.1. The molecule has 0 unspecified atom stereocenters. The quantitative estimate of drug-likeness (QED) is 0.689. The highest BCUT2D eigenvalue weighted by atomic mass is 35.5. The van der Waals surface area contributed by atoms with Crippen LogP contribution >= 0.6 is 22.9 Å². The Hall–Kier alpha value is -1.59. The van der Waals surface area contributed by atoms with Crippen LogP contribution in [0.25, 0.3) is 0 Å². The molecular weight excluding hydrogens is 378 g/mol. The van der Waals surface area contributed by atoms with Crippen molar-refractivity contribution in [3.05, 3.63) is 39.8 Å². The molecule has 27 heavy (non-hydrogen) atoms. The molecule has 4 saturated carbocycles. The van der Waals surface area contributed by atoms with Gasteiger partial charge in [0.1, 0.15) is 0 Å². The monoisotopic (exact) mass is 401 g/mol. The molecule has 4 aliphatic rings. The molecule has 1 amide bonds. The summed E-state index contributed by atoms with van der Waals surface area (Å²) in [4.78, 5) is 18.3. The first kappa shape index (κ1) is 17.5. The van der Waals surface area contributed by atoms with Gasteiger partial charge in [0.15, 0.2) is 4.47 Å². The van der Waals surface area contributed by atoms with Gasteiger partial charge in [-0.05, 0) is 80.5 Å². The molecule has 0 aliphatic heterocycles. The standard InChI is InChI=1S/C21H24ClN3OS/c22-20-24-12-18(27-20)11-23-16-1-3-17(4-2-16)25-19(26)21-8-13-5-14(9-21)7-15(6-13)10-21/h1-4,12-15,23H,5-11H2,(H,25,26). The van der Waals surface area contributed by atoms with Gasteiger partial charge in [-0.15, -0.1) is 11.3 Å². The van der Waals surface area contributed by atoms with Gasteiger partial charge in [0, 0.05) is 22.4 Å². The van der Waals surface area contributed by atoms with Crippen LogP contribution in [0.4, 0.5) is 11.4 Å². The topological polar surface area (TPSA) is 54.0 Å². The lowest BCUT2D eigenvalue weighted by Gasteiger charge is -2.55. The third-order valence-electron chi connectivity index (χ3n) is 6.65. The van der Waals surface area contributed by atoms with E-state index in [4.69, 9.17) is 11.6 Å². The molecule has 0 radical (unpaired) electrons. The summed E-state index contributed by atoms with van der Waals surface area (Å²) in [5.74, 6) is 2.61. The van der Waals surface area contributed by atoms with E-state index in [9.17, 15) is 4.79 Å². The molecule has 2 N–H and O–H groups in total. The minimum absolute atomic E-state index is 0.100. The lowest BCUT2D eigenvalue weighted by Crippen LogP contribution is -2.51. The number of thiazole rings is 1. The molecule has 0 spiro atoms. The smallest absolute Gasteiger partial charge is 0.230 e. The van der Waals surface area contributed by atoms with Gasteiger partial charge in [-0.3, -0.25) is 4.79 Å². The van der Waals surface area contributed by atoms with E-state index >= 15 is 0 Å². The number of benzene rings is 1. The molecule has 4 nitrogen and oxygen atoms in total. The number of amides is 1. The van der Waals surface area contributed by atoms with Crippen molar-refractivity contribution >= 4 is 40.2 Å². The Labute approximate surface area is 168 Å². The first-order valence-electron chi connectivity index (χ1n) is 9.84. The average Bonchev–Trinajstić information content (AvgIpc) is 3.05. The highest BCUT2D eigenvalue weighted by Gasteiger charge is 2.54. The predicted octanol–water partition coefficient (Wildman–Crippen LogP) is 5.56. The summed E-state index contributed by atoms with van der Waals surface area (Å²) >= 11 is 7.34. The maximum absolute atomic E-state index is 13.1. The van der Waals surface area contributed by atoms with Crippen LogP contribution in [-0.4, -0.2) is 10.9 Å². The normalized spacial score (nSPS) is 31.1. The number of carbonyl (C=O) groups is 1. The third kappa shape index (κ3) is 3.47. The Morgan fingerprint density at radius 3 is 2.22 bits per heavy atom. The molecule has 1 heterocycles. The summed E-state index contributed by atoms with van der Waals surface area (Å²) in [5.41, 5.74) is 1.81. The van der Waals surface area contributed by atoms with Gasteiger partial charge < -0.3 is 10.6 Å². The Morgan fingerprint density at radius 2 is 1.67 bits per heavy atom. The predicted molar refractivity (Wildman–Crippen MR) is 110 cm³/mol. The molecule has 1 aromatic heterocycles. The molecule has 4 aliphatic carbocycles. The maximum Gasteiger partial charge on any atom is 0.230 e. The fraction of sp³-hybridized carbons (Fsp3) is 0.524. The molecule has 142 valence electrons. The van der Waals surface area contributed by atoms with Crippen molar-refractivity contribution in [2.75, 3.05) is 10.6 Å². The summed E-state index contributed by atoms with van der Waals surface area (Å²) in [6, 6.07) is 8.00. The second kappa shape index (κ2) is 6.78. The summed E-state index contributed by atoms with van der Waals surface area (Å²) in [5, 5.41) is 6.57. The van der Waals surface area contributed by atoms with Crippen molar-refractivity contribution in [2.24, 2.45) is 23.2 Å².